The van der Waals surface area contributed by atoms with Gasteiger partial charge >= 0.3 is 0 Å². The summed E-state index contributed by atoms with van der Waals surface area (Å²) in [4.78, 5) is 9.92. The summed E-state index contributed by atoms with van der Waals surface area (Å²) in [6.07, 6.45) is 7.98. The fourth-order valence-electron chi connectivity index (χ4n) is 0.900. The van der Waals surface area contributed by atoms with Gasteiger partial charge in [-0.3, -0.25) is 4.79 Å². The van der Waals surface area contributed by atoms with Crippen molar-refractivity contribution in [1.29, 1.82) is 0 Å². The van der Waals surface area contributed by atoms with Crippen LogP contribution in [0.2, 0.25) is 0 Å². The molecule has 0 heterocycles. The van der Waals surface area contributed by atoms with Gasteiger partial charge in [-0.15, -0.1) is 0 Å². The quantitative estimate of drug-likeness (QED) is 0.450. The highest BCUT2D eigenvalue weighted by Crippen LogP contribution is 2.04. The predicted octanol–water partition coefficient (Wildman–Crippen LogP) is 2.46. The number of carbonyl (C=O) groups excluding carboxylic acids is 1. The summed E-state index contributed by atoms with van der Waals surface area (Å²) < 4.78 is 4.66. The van der Waals surface area contributed by atoms with Gasteiger partial charge in [0, 0.05) is 0 Å². The molecule has 2 heteroatoms. The molecule has 0 aliphatic heterocycles. The summed E-state index contributed by atoms with van der Waals surface area (Å²) in [5, 5.41) is 0. The van der Waals surface area contributed by atoms with Crippen molar-refractivity contribution in [2.24, 2.45) is 0 Å². The highest BCUT2D eigenvalue weighted by molar-refractivity contribution is 5.37. The number of rotatable bonds is 6. The van der Waals surface area contributed by atoms with Crippen LogP contribution < -0.4 is 0 Å². The number of hydrogen-bond acceptors (Lipinski definition) is 2. The Hall–Kier alpha value is -1.05. The molecule has 0 radical (unpaired) electrons. The first-order valence-corrected chi connectivity index (χ1v) is 4.19. The van der Waals surface area contributed by atoms with Crippen LogP contribution in [0.15, 0.2) is 23.8 Å². The Morgan fingerprint density at radius 3 is 2.75 bits per heavy atom. The topological polar surface area (TPSA) is 26.3 Å². The van der Waals surface area contributed by atoms with Crippen LogP contribution in [0.5, 0.6) is 0 Å². The maximum atomic E-state index is 9.92. The third-order valence-corrected chi connectivity index (χ3v) is 1.45. The molecule has 0 N–H and O–H groups in total. The lowest BCUT2D eigenvalue weighted by Gasteiger charge is -2.01. The maximum absolute atomic E-state index is 9.92. The SMILES string of the molecule is C/C=C\C/C(=C\CC)COC=O. The van der Waals surface area contributed by atoms with Gasteiger partial charge in [0.15, 0.2) is 0 Å². The summed E-state index contributed by atoms with van der Waals surface area (Å²) in [7, 11) is 0. The van der Waals surface area contributed by atoms with Crippen molar-refractivity contribution in [2.45, 2.75) is 26.7 Å². The molecule has 0 aromatic carbocycles. The second-order valence-electron chi connectivity index (χ2n) is 2.45. The Morgan fingerprint density at radius 2 is 2.25 bits per heavy atom. The normalized spacial score (nSPS) is 12.0. The van der Waals surface area contributed by atoms with Crippen molar-refractivity contribution in [2.75, 3.05) is 6.61 Å². The zero-order valence-electron chi connectivity index (χ0n) is 7.75. The first-order chi connectivity index (χ1) is 5.85. The van der Waals surface area contributed by atoms with E-state index in [0.29, 0.717) is 13.1 Å². The first-order valence-electron chi connectivity index (χ1n) is 4.19. The molecule has 0 aliphatic carbocycles. The minimum atomic E-state index is 0.418. The fourth-order valence-corrected chi connectivity index (χ4v) is 0.900. The average molecular weight is 168 g/mol. The van der Waals surface area contributed by atoms with E-state index in [2.05, 4.69) is 23.8 Å². The molecular formula is C10H16O2. The Kier molecular flexibility index (Phi) is 7.35. The standard InChI is InChI=1S/C10H16O2/c1-3-5-7-10(6-4-2)8-12-9-11/h3,5-6,9H,4,7-8H2,1-2H3/b5-3-,10-6+. The number of ether oxygens (including phenoxy) is 1. The number of carbonyl (C=O) groups is 1. The van der Waals surface area contributed by atoms with Crippen molar-refractivity contribution in [3.05, 3.63) is 23.8 Å². The minimum Gasteiger partial charge on any atom is -0.463 e. The van der Waals surface area contributed by atoms with Crippen LogP contribution in [0, 0.1) is 0 Å². The summed E-state index contributed by atoms with van der Waals surface area (Å²) in [6, 6.07) is 0. The van der Waals surface area contributed by atoms with Gasteiger partial charge in [-0.2, -0.15) is 0 Å². The lowest BCUT2D eigenvalue weighted by atomic mass is 10.1. The highest BCUT2D eigenvalue weighted by atomic mass is 16.5. The molecular weight excluding hydrogens is 152 g/mol. The Morgan fingerprint density at radius 1 is 1.50 bits per heavy atom. The third-order valence-electron chi connectivity index (χ3n) is 1.45. The number of hydrogen-bond donors (Lipinski definition) is 0. The Balaban J connectivity index is 3.85. The molecule has 0 aromatic rings. The van der Waals surface area contributed by atoms with Crippen LogP contribution in [0.3, 0.4) is 0 Å². The zero-order valence-corrected chi connectivity index (χ0v) is 7.75. The lowest BCUT2D eigenvalue weighted by Crippen LogP contribution is -1.95. The van der Waals surface area contributed by atoms with Crippen molar-refractivity contribution < 1.29 is 9.53 Å². The molecule has 0 saturated carbocycles. The van der Waals surface area contributed by atoms with E-state index in [4.69, 9.17) is 0 Å². The maximum Gasteiger partial charge on any atom is 0.293 e. The minimum absolute atomic E-state index is 0.418. The van der Waals surface area contributed by atoms with Gasteiger partial charge in [0.2, 0.25) is 0 Å². The van der Waals surface area contributed by atoms with Crippen LogP contribution in [0.1, 0.15) is 26.7 Å². The van der Waals surface area contributed by atoms with Crippen LogP contribution in [0.4, 0.5) is 0 Å². The molecule has 0 bridgehead atoms. The summed E-state index contributed by atoms with van der Waals surface area (Å²) >= 11 is 0. The molecule has 0 spiro atoms. The van der Waals surface area contributed by atoms with Crippen molar-refractivity contribution >= 4 is 6.47 Å². The van der Waals surface area contributed by atoms with Crippen molar-refractivity contribution in [3.63, 3.8) is 0 Å². The molecule has 0 saturated heterocycles. The van der Waals surface area contributed by atoms with E-state index in [0.717, 1.165) is 18.4 Å². The molecule has 0 rings (SSSR count). The second-order valence-corrected chi connectivity index (χ2v) is 2.45. The van der Waals surface area contributed by atoms with Crippen LogP contribution in [-0.4, -0.2) is 13.1 Å². The zero-order chi connectivity index (χ0) is 9.23. The van der Waals surface area contributed by atoms with Gasteiger partial charge in [0.1, 0.15) is 6.61 Å². The van der Waals surface area contributed by atoms with E-state index >= 15 is 0 Å². The first kappa shape index (κ1) is 11.0. The van der Waals surface area contributed by atoms with E-state index in [-0.39, 0.29) is 0 Å². The van der Waals surface area contributed by atoms with Crippen molar-refractivity contribution in [3.8, 4) is 0 Å². The molecule has 0 unspecified atom stereocenters. The van der Waals surface area contributed by atoms with Gasteiger partial charge in [-0.1, -0.05) is 25.2 Å². The van der Waals surface area contributed by atoms with Gasteiger partial charge in [-0.05, 0) is 25.3 Å². The number of allylic oxidation sites excluding steroid dienone is 3. The summed E-state index contributed by atoms with van der Waals surface area (Å²) in [6.45, 7) is 4.95. The smallest absolute Gasteiger partial charge is 0.293 e. The van der Waals surface area contributed by atoms with Crippen LogP contribution in [0.25, 0.3) is 0 Å². The van der Waals surface area contributed by atoms with E-state index in [1.807, 2.05) is 13.0 Å². The van der Waals surface area contributed by atoms with E-state index < -0.39 is 0 Å². The van der Waals surface area contributed by atoms with Crippen molar-refractivity contribution in [1.82, 2.24) is 0 Å². The molecule has 0 aromatic heterocycles. The predicted molar refractivity (Wildman–Crippen MR) is 49.8 cm³/mol. The van der Waals surface area contributed by atoms with Gasteiger partial charge in [-0.25, -0.2) is 0 Å². The van der Waals surface area contributed by atoms with E-state index in [9.17, 15) is 4.79 Å². The van der Waals surface area contributed by atoms with Gasteiger partial charge in [0.25, 0.3) is 6.47 Å². The lowest BCUT2D eigenvalue weighted by molar-refractivity contribution is -0.127. The molecule has 0 amide bonds. The van der Waals surface area contributed by atoms with Gasteiger partial charge < -0.3 is 4.74 Å². The molecule has 0 aliphatic rings. The van der Waals surface area contributed by atoms with E-state index in [1.165, 1.54) is 0 Å². The van der Waals surface area contributed by atoms with E-state index in [1.54, 1.807) is 0 Å². The Labute approximate surface area is 73.9 Å². The molecule has 68 valence electrons. The summed E-state index contributed by atoms with van der Waals surface area (Å²) in [5.74, 6) is 0. The monoisotopic (exact) mass is 168 g/mol. The molecule has 12 heavy (non-hydrogen) atoms. The van der Waals surface area contributed by atoms with Crippen LogP contribution in [-0.2, 0) is 9.53 Å². The summed E-state index contributed by atoms with van der Waals surface area (Å²) in [5.41, 5.74) is 1.16. The second kappa shape index (κ2) is 8.05. The van der Waals surface area contributed by atoms with Gasteiger partial charge in [0.05, 0.1) is 0 Å². The average Bonchev–Trinajstić information content (AvgIpc) is 2.10. The fraction of sp³-hybridized carbons (Fsp3) is 0.500. The largest absolute Gasteiger partial charge is 0.463 e. The Bertz CT molecular complexity index is 169. The molecule has 0 atom stereocenters. The molecule has 0 fully saturated rings. The molecule has 2 nitrogen and oxygen atoms in total. The third kappa shape index (κ3) is 5.71. The highest BCUT2D eigenvalue weighted by Gasteiger charge is 1.93. The van der Waals surface area contributed by atoms with Crippen LogP contribution >= 0.6 is 0 Å².